The average Bonchev–Trinajstić information content (AvgIpc) is 2.58. The third kappa shape index (κ3) is 1.99. The van der Waals surface area contributed by atoms with Crippen LogP contribution in [0.4, 0.5) is 0 Å². The minimum Gasteiger partial charge on any atom is -0.359 e. The predicted molar refractivity (Wildman–Crippen MR) is 48.0 cm³/mol. The van der Waals surface area contributed by atoms with Gasteiger partial charge in [0.1, 0.15) is 12.3 Å². The van der Waals surface area contributed by atoms with Gasteiger partial charge in [-0.15, -0.1) is 0 Å². The van der Waals surface area contributed by atoms with Crippen molar-refractivity contribution in [1.82, 2.24) is 5.32 Å². The number of nitriles is 1. The van der Waals surface area contributed by atoms with Gasteiger partial charge in [0.05, 0.1) is 12.2 Å². The molecule has 1 saturated carbocycles. The topological polar surface area (TPSA) is 54.3 Å². The average molecular weight is 184 g/mol. The van der Waals surface area contributed by atoms with Crippen LogP contribution >= 0.6 is 0 Å². The molecule has 2 atom stereocenters. The number of likely N-dealkylation sites (N-methyl/N-ethyl adjacent to an activating group) is 1. The monoisotopic (exact) mass is 184 g/mol. The quantitative estimate of drug-likeness (QED) is 0.651. The Morgan fingerprint density at radius 1 is 1.69 bits per heavy atom. The highest BCUT2D eigenvalue weighted by Crippen LogP contribution is 2.31. The first-order valence-electron chi connectivity index (χ1n) is 4.50. The summed E-state index contributed by atoms with van der Waals surface area (Å²) in [7, 11) is 3.39. The molecule has 74 valence electrons. The molecule has 0 aromatic rings. The zero-order valence-corrected chi connectivity index (χ0v) is 8.17. The van der Waals surface area contributed by atoms with Gasteiger partial charge in [0, 0.05) is 7.11 Å². The van der Waals surface area contributed by atoms with E-state index in [1.807, 2.05) is 0 Å². The fourth-order valence-corrected chi connectivity index (χ4v) is 1.82. The molecule has 4 nitrogen and oxygen atoms in total. The summed E-state index contributed by atoms with van der Waals surface area (Å²) in [6, 6.07) is 2.29. The van der Waals surface area contributed by atoms with Gasteiger partial charge in [-0.3, -0.25) is 0 Å². The van der Waals surface area contributed by atoms with Gasteiger partial charge in [0.15, 0.2) is 0 Å². The zero-order chi connectivity index (χ0) is 9.73. The highest BCUT2D eigenvalue weighted by molar-refractivity contribution is 5.14. The van der Waals surface area contributed by atoms with E-state index in [9.17, 15) is 0 Å². The molecule has 0 spiro atoms. The van der Waals surface area contributed by atoms with Crippen LogP contribution in [0.5, 0.6) is 0 Å². The first-order valence-corrected chi connectivity index (χ1v) is 4.50. The molecule has 13 heavy (non-hydrogen) atoms. The summed E-state index contributed by atoms with van der Waals surface area (Å²) in [5, 5.41) is 12.1. The molecule has 0 heterocycles. The number of methoxy groups -OCH3 is 1. The Bertz CT molecular complexity index is 202. The number of hydrogen-bond donors (Lipinski definition) is 1. The molecule has 1 N–H and O–H groups in total. The van der Waals surface area contributed by atoms with Crippen molar-refractivity contribution < 1.29 is 9.47 Å². The molecule has 0 unspecified atom stereocenters. The molecule has 1 aliphatic carbocycles. The van der Waals surface area contributed by atoms with Crippen molar-refractivity contribution in [2.75, 3.05) is 21.0 Å². The third-order valence-corrected chi connectivity index (χ3v) is 2.62. The van der Waals surface area contributed by atoms with E-state index >= 15 is 0 Å². The maximum absolute atomic E-state index is 9.05. The Morgan fingerprint density at radius 3 is 3.00 bits per heavy atom. The normalized spacial score (nSPS) is 33.2. The van der Waals surface area contributed by atoms with Gasteiger partial charge in [-0.25, -0.2) is 0 Å². The first kappa shape index (κ1) is 10.5. The van der Waals surface area contributed by atoms with Crippen LogP contribution in [0.1, 0.15) is 19.3 Å². The van der Waals surface area contributed by atoms with Crippen LogP contribution in [-0.4, -0.2) is 32.6 Å². The third-order valence-electron chi connectivity index (χ3n) is 2.62. The van der Waals surface area contributed by atoms with Crippen molar-refractivity contribution in [1.29, 1.82) is 5.26 Å². The van der Waals surface area contributed by atoms with Gasteiger partial charge < -0.3 is 14.8 Å². The van der Waals surface area contributed by atoms with Crippen molar-refractivity contribution >= 4 is 0 Å². The molecule has 0 aliphatic heterocycles. The molecule has 0 radical (unpaired) electrons. The molecule has 1 rings (SSSR count). The Kier molecular flexibility index (Phi) is 3.67. The summed E-state index contributed by atoms with van der Waals surface area (Å²) in [6.45, 7) is 0.260. The molecular formula is C9H16N2O2. The van der Waals surface area contributed by atoms with E-state index in [-0.39, 0.29) is 12.9 Å². The lowest BCUT2D eigenvalue weighted by Crippen LogP contribution is -2.49. The summed E-state index contributed by atoms with van der Waals surface area (Å²) >= 11 is 0. The molecule has 1 aliphatic rings. The van der Waals surface area contributed by atoms with E-state index in [2.05, 4.69) is 11.4 Å². The number of nitrogens with one attached hydrogen (secondary N) is 1. The van der Waals surface area contributed by atoms with E-state index in [1.165, 1.54) is 0 Å². The molecule has 0 saturated heterocycles. The summed E-state index contributed by atoms with van der Waals surface area (Å²) < 4.78 is 10.3. The Labute approximate surface area is 78.8 Å². The van der Waals surface area contributed by atoms with Crippen LogP contribution in [0.2, 0.25) is 0 Å². The van der Waals surface area contributed by atoms with Crippen molar-refractivity contribution in [3.63, 3.8) is 0 Å². The Balaban J connectivity index is 2.57. The maximum Gasteiger partial charge on any atom is 0.146 e. The van der Waals surface area contributed by atoms with Crippen molar-refractivity contribution in [3.05, 3.63) is 0 Å². The van der Waals surface area contributed by atoms with Gasteiger partial charge in [0.2, 0.25) is 0 Å². The lowest BCUT2D eigenvalue weighted by atomic mass is 9.97. The SMILES string of the molecule is CN[C@@]1(C#N)CCC[C@@H]1OCOC. The van der Waals surface area contributed by atoms with Crippen molar-refractivity contribution in [3.8, 4) is 6.07 Å². The largest absolute Gasteiger partial charge is 0.359 e. The molecule has 0 bridgehead atoms. The Hall–Kier alpha value is -0.630. The minimum absolute atomic E-state index is 0.0394. The second-order valence-electron chi connectivity index (χ2n) is 3.29. The fourth-order valence-electron chi connectivity index (χ4n) is 1.82. The maximum atomic E-state index is 9.05. The molecule has 4 heteroatoms. The Morgan fingerprint density at radius 2 is 2.46 bits per heavy atom. The van der Waals surface area contributed by atoms with Crippen molar-refractivity contribution in [2.24, 2.45) is 0 Å². The summed E-state index contributed by atoms with van der Waals surface area (Å²) in [5.41, 5.74) is -0.501. The molecule has 0 aromatic carbocycles. The standard InChI is InChI=1S/C9H16N2O2/c1-11-9(6-10)5-3-4-8(9)13-7-12-2/h8,11H,3-5,7H2,1-2H3/t8-,9+/m0/s1. The lowest BCUT2D eigenvalue weighted by molar-refractivity contribution is -0.0851. The first-order chi connectivity index (χ1) is 6.29. The molecule has 1 fully saturated rings. The highest BCUT2D eigenvalue weighted by atomic mass is 16.7. The van der Waals surface area contributed by atoms with Crippen molar-refractivity contribution in [2.45, 2.75) is 30.9 Å². The van der Waals surface area contributed by atoms with Gasteiger partial charge in [0.25, 0.3) is 0 Å². The van der Waals surface area contributed by atoms with E-state index < -0.39 is 5.54 Å². The smallest absolute Gasteiger partial charge is 0.146 e. The number of nitrogens with zero attached hydrogens (tertiary/aromatic N) is 1. The molecular weight excluding hydrogens is 168 g/mol. The summed E-state index contributed by atoms with van der Waals surface area (Å²) in [5.74, 6) is 0. The van der Waals surface area contributed by atoms with Crippen LogP contribution in [0, 0.1) is 11.3 Å². The number of hydrogen-bond acceptors (Lipinski definition) is 4. The van der Waals surface area contributed by atoms with Crippen LogP contribution in [0.25, 0.3) is 0 Å². The zero-order valence-electron chi connectivity index (χ0n) is 8.17. The molecule has 0 aromatic heterocycles. The van der Waals surface area contributed by atoms with Crippen LogP contribution in [0.3, 0.4) is 0 Å². The minimum atomic E-state index is -0.501. The van der Waals surface area contributed by atoms with Gasteiger partial charge >= 0.3 is 0 Å². The fraction of sp³-hybridized carbons (Fsp3) is 0.889. The van der Waals surface area contributed by atoms with E-state index in [1.54, 1.807) is 14.2 Å². The molecule has 0 amide bonds. The van der Waals surface area contributed by atoms with Crippen LogP contribution < -0.4 is 5.32 Å². The van der Waals surface area contributed by atoms with Gasteiger partial charge in [-0.2, -0.15) is 5.26 Å². The van der Waals surface area contributed by atoms with E-state index in [0.29, 0.717) is 0 Å². The number of ether oxygens (including phenoxy) is 2. The highest BCUT2D eigenvalue weighted by Gasteiger charge is 2.42. The lowest BCUT2D eigenvalue weighted by Gasteiger charge is -2.27. The van der Waals surface area contributed by atoms with Crippen LogP contribution in [0.15, 0.2) is 0 Å². The van der Waals surface area contributed by atoms with Gasteiger partial charge in [-0.1, -0.05) is 0 Å². The second kappa shape index (κ2) is 4.56. The van der Waals surface area contributed by atoms with Gasteiger partial charge in [-0.05, 0) is 26.3 Å². The number of rotatable bonds is 4. The second-order valence-corrected chi connectivity index (χ2v) is 3.29. The van der Waals surface area contributed by atoms with E-state index in [0.717, 1.165) is 19.3 Å². The van der Waals surface area contributed by atoms with E-state index in [4.69, 9.17) is 14.7 Å². The van der Waals surface area contributed by atoms with Crippen LogP contribution in [-0.2, 0) is 9.47 Å². The predicted octanol–water partition coefficient (Wildman–Crippen LogP) is 0.641. The summed E-state index contributed by atoms with van der Waals surface area (Å²) in [4.78, 5) is 0. The summed E-state index contributed by atoms with van der Waals surface area (Å²) in [6.07, 6.45) is 2.78.